The molecule has 0 saturated carbocycles. The monoisotopic (exact) mass is 345 g/mol. The fourth-order valence-electron chi connectivity index (χ4n) is 3.11. The van der Waals surface area contributed by atoms with Crippen LogP contribution in [-0.4, -0.2) is 45.1 Å². The Balaban J connectivity index is 1.55. The number of hydrogen-bond acceptors (Lipinski definition) is 5. The number of carbonyl (C=O) groups is 2. The van der Waals surface area contributed by atoms with E-state index >= 15 is 0 Å². The number of rotatable bonds is 3. The molecule has 7 nitrogen and oxygen atoms in total. The van der Waals surface area contributed by atoms with Crippen LogP contribution in [0.1, 0.15) is 44.6 Å². The van der Waals surface area contributed by atoms with Crippen LogP contribution in [0.2, 0.25) is 0 Å². The summed E-state index contributed by atoms with van der Waals surface area (Å²) < 4.78 is 6.08. The van der Waals surface area contributed by atoms with E-state index in [0.29, 0.717) is 24.3 Å². The number of nitrogens with one attached hydrogen (secondary N) is 1. The number of carboxylic acid groups (broad SMARTS) is 1. The third-order valence-electron chi connectivity index (χ3n) is 4.34. The summed E-state index contributed by atoms with van der Waals surface area (Å²) in [6.45, 7) is 3.09. The molecule has 1 aliphatic heterocycles. The Labute approximate surface area is 140 Å². The fraction of sp³-hybridized carbons (Fsp3) is 0.312. The van der Waals surface area contributed by atoms with Crippen molar-refractivity contribution in [3.05, 3.63) is 40.2 Å². The Morgan fingerprint density at radius 1 is 1.46 bits per heavy atom. The lowest BCUT2D eigenvalue weighted by Gasteiger charge is -2.14. The van der Waals surface area contributed by atoms with Gasteiger partial charge in [0.1, 0.15) is 11.5 Å². The van der Waals surface area contributed by atoms with Gasteiger partial charge in [-0.1, -0.05) is 5.16 Å². The van der Waals surface area contributed by atoms with Crippen LogP contribution in [0, 0.1) is 6.92 Å². The van der Waals surface area contributed by atoms with Crippen LogP contribution in [0.15, 0.2) is 22.0 Å². The number of thiophene rings is 1. The van der Waals surface area contributed by atoms with E-state index in [1.54, 1.807) is 16.3 Å². The number of hydrogen-bond donors (Lipinski definition) is 2. The standard InChI is InChI=1S/C16H15N3O4S/c1-8-4-12(23-18-8)9-2-3-19(6-9)15(20)11-5-13-14(17-11)10(7-24-13)16(21)22/h4-5,7,9,17H,2-3,6H2,1H3,(H,21,22). The smallest absolute Gasteiger partial charge is 0.338 e. The van der Waals surface area contributed by atoms with Gasteiger partial charge in [0.25, 0.3) is 5.91 Å². The first-order chi connectivity index (χ1) is 11.5. The van der Waals surface area contributed by atoms with Gasteiger partial charge in [0.05, 0.1) is 21.5 Å². The summed E-state index contributed by atoms with van der Waals surface area (Å²) in [6.07, 6.45) is 0.829. The third-order valence-corrected chi connectivity index (χ3v) is 5.27. The molecule has 4 rings (SSSR count). The van der Waals surface area contributed by atoms with Gasteiger partial charge in [0.2, 0.25) is 0 Å². The topological polar surface area (TPSA) is 99.4 Å². The minimum Gasteiger partial charge on any atom is -0.478 e. The normalized spacial score (nSPS) is 17.7. The van der Waals surface area contributed by atoms with E-state index in [1.165, 1.54) is 11.3 Å². The van der Waals surface area contributed by atoms with E-state index in [2.05, 4.69) is 10.1 Å². The van der Waals surface area contributed by atoms with E-state index in [9.17, 15) is 9.59 Å². The summed E-state index contributed by atoms with van der Waals surface area (Å²) in [5.41, 5.74) is 1.97. The van der Waals surface area contributed by atoms with Crippen molar-refractivity contribution in [1.29, 1.82) is 0 Å². The van der Waals surface area contributed by atoms with Gasteiger partial charge in [0.15, 0.2) is 0 Å². The first kappa shape index (κ1) is 14.9. The molecular weight excluding hydrogens is 330 g/mol. The number of H-pyrrole nitrogens is 1. The third kappa shape index (κ3) is 2.39. The highest BCUT2D eigenvalue weighted by atomic mass is 32.1. The average molecular weight is 345 g/mol. The number of nitrogens with zero attached hydrogens (tertiary/aromatic N) is 2. The SMILES string of the molecule is Cc1cc(C2CCN(C(=O)c3cc4scc(C(=O)O)c4[nH]3)C2)on1. The van der Waals surface area contributed by atoms with Crippen molar-refractivity contribution < 1.29 is 19.2 Å². The van der Waals surface area contributed by atoms with Gasteiger partial charge in [-0.3, -0.25) is 4.79 Å². The highest BCUT2D eigenvalue weighted by Gasteiger charge is 2.31. The van der Waals surface area contributed by atoms with E-state index in [0.717, 1.165) is 22.6 Å². The van der Waals surface area contributed by atoms with Crippen LogP contribution in [0.3, 0.4) is 0 Å². The lowest BCUT2D eigenvalue weighted by molar-refractivity contribution is 0.0698. The molecule has 24 heavy (non-hydrogen) atoms. The summed E-state index contributed by atoms with van der Waals surface area (Å²) in [5.74, 6) is -0.151. The van der Waals surface area contributed by atoms with Crippen LogP contribution < -0.4 is 0 Å². The average Bonchev–Trinajstić information content (AvgIpc) is 3.28. The van der Waals surface area contributed by atoms with Crippen LogP contribution in [0.5, 0.6) is 0 Å². The van der Waals surface area contributed by atoms with Crippen molar-refractivity contribution in [2.24, 2.45) is 0 Å². The van der Waals surface area contributed by atoms with Crippen LogP contribution in [0.25, 0.3) is 10.2 Å². The highest BCUT2D eigenvalue weighted by Crippen LogP contribution is 2.30. The number of aromatic amines is 1. The van der Waals surface area contributed by atoms with Gasteiger partial charge in [-0.2, -0.15) is 0 Å². The number of aromatic nitrogens is 2. The summed E-state index contributed by atoms with van der Waals surface area (Å²) >= 11 is 1.32. The van der Waals surface area contributed by atoms with E-state index in [1.807, 2.05) is 13.0 Å². The molecule has 0 radical (unpaired) electrons. The predicted octanol–water partition coefficient (Wildman–Crippen LogP) is 2.85. The van der Waals surface area contributed by atoms with Crippen molar-refractivity contribution in [2.75, 3.05) is 13.1 Å². The van der Waals surface area contributed by atoms with Gasteiger partial charge in [-0.15, -0.1) is 11.3 Å². The second kappa shape index (κ2) is 5.48. The molecular formula is C16H15N3O4S. The fourth-order valence-corrected chi connectivity index (χ4v) is 4.03. The predicted molar refractivity (Wildman–Crippen MR) is 87.6 cm³/mol. The number of aryl methyl sites for hydroxylation is 1. The molecule has 2 N–H and O–H groups in total. The lowest BCUT2D eigenvalue weighted by Crippen LogP contribution is -2.28. The van der Waals surface area contributed by atoms with Crippen molar-refractivity contribution in [1.82, 2.24) is 15.0 Å². The maximum atomic E-state index is 12.7. The first-order valence-corrected chi connectivity index (χ1v) is 8.47. The van der Waals surface area contributed by atoms with E-state index < -0.39 is 5.97 Å². The molecule has 1 atom stereocenters. The number of carboxylic acids is 1. The zero-order chi connectivity index (χ0) is 16.8. The van der Waals surface area contributed by atoms with E-state index in [-0.39, 0.29) is 17.4 Å². The van der Waals surface area contributed by atoms with Crippen LogP contribution in [0.4, 0.5) is 0 Å². The molecule has 0 spiro atoms. The molecule has 1 saturated heterocycles. The van der Waals surface area contributed by atoms with Crippen LogP contribution in [-0.2, 0) is 0 Å². The maximum Gasteiger partial charge on any atom is 0.338 e. The molecule has 3 aromatic rings. The number of fused-ring (bicyclic) bond motifs is 1. The van der Waals surface area contributed by atoms with Crippen molar-refractivity contribution in [3.8, 4) is 0 Å². The minimum absolute atomic E-state index is 0.117. The zero-order valence-electron chi connectivity index (χ0n) is 12.9. The van der Waals surface area contributed by atoms with Gasteiger partial charge in [-0.25, -0.2) is 4.79 Å². The van der Waals surface area contributed by atoms with E-state index in [4.69, 9.17) is 9.63 Å². The maximum absolute atomic E-state index is 12.7. The minimum atomic E-state index is -0.996. The molecule has 124 valence electrons. The highest BCUT2D eigenvalue weighted by molar-refractivity contribution is 7.17. The Morgan fingerprint density at radius 2 is 2.29 bits per heavy atom. The Kier molecular flexibility index (Phi) is 3.42. The van der Waals surface area contributed by atoms with Crippen molar-refractivity contribution in [2.45, 2.75) is 19.3 Å². The quantitative estimate of drug-likeness (QED) is 0.760. The molecule has 0 aliphatic carbocycles. The molecule has 4 heterocycles. The zero-order valence-corrected chi connectivity index (χ0v) is 13.7. The first-order valence-electron chi connectivity index (χ1n) is 7.59. The molecule has 0 aromatic carbocycles. The summed E-state index contributed by atoms with van der Waals surface area (Å²) in [5, 5.41) is 14.6. The molecule has 1 fully saturated rings. The molecule has 1 aliphatic rings. The van der Waals surface area contributed by atoms with Gasteiger partial charge < -0.3 is 19.5 Å². The summed E-state index contributed by atoms with van der Waals surface area (Å²) in [4.78, 5) is 28.6. The Hall–Kier alpha value is -2.61. The Morgan fingerprint density at radius 3 is 3.00 bits per heavy atom. The Bertz CT molecular complexity index is 938. The molecule has 1 unspecified atom stereocenters. The molecule has 8 heteroatoms. The van der Waals surface area contributed by atoms with Crippen molar-refractivity contribution >= 4 is 33.4 Å². The number of carbonyl (C=O) groups excluding carboxylic acids is 1. The van der Waals surface area contributed by atoms with Crippen molar-refractivity contribution in [3.63, 3.8) is 0 Å². The van der Waals surface area contributed by atoms with Gasteiger partial charge >= 0.3 is 5.97 Å². The number of aromatic carboxylic acids is 1. The number of likely N-dealkylation sites (tertiary alicyclic amines) is 1. The second-order valence-corrected chi connectivity index (χ2v) is 6.90. The largest absolute Gasteiger partial charge is 0.478 e. The molecule has 3 aromatic heterocycles. The lowest BCUT2D eigenvalue weighted by atomic mass is 10.1. The second-order valence-electron chi connectivity index (χ2n) is 5.98. The van der Waals surface area contributed by atoms with Gasteiger partial charge in [-0.05, 0) is 19.4 Å². The number of amides is 1. The summed E-state index contributed by atoms with van der Waals surface area (Å²) in [7, 11) is 0. The van der Waals surface area contributed by atoms with Crippen LogP contribution >= 0.6 is 11.3 Å². The molecule has 1 amide bonds. The molecule has 0 bridgehead atoms. The van der Waals surface area contributed by atoms with Gasteiger partial charge in [0, 0.05) is 30.5 Å². The summed E-state index contributed by atoms with van der Waals surface area (Å²) in [6, 6.07) is 3.63.